The Morgan fingerprint density at radius 1 is 1.24 bits per heavy atom. The van der Waals surface area contributed by atoms with E-state index in [9.17, 15) is 12.8 Å². The van der Waals surface area contributed by atoms with Crippen LogP contribution in [-0.2, 0) is 23.1 Å². The molecule has 5 nitrogen and oxygen atoms in total. The fourth-order valence-electron chi connectivity index (χ4n) is 1.70. The monoisotopic (exact) mass is 376 g/mol. The summed E-state index contributed by atoms with van der Waals surface area (Å²) in [7, 11) is -2.25. The van der Waals surface area contributed by atoms with Gasteiger partial charge in [0.05, 0.1) is 6.54 Å². The smallest absolute Gasteiger partial charge is 0.273 e. The Hall–Kier alpha value is -1.22. The molecule has 2 rings (SSSR count). The van der Waals surface area contributed by atoms with E-state index in [4.69, 9.17) is 4.42 Å². The van der Waals surface area contributed by atoms with Crippen molar-refractivity contribution in [3.8, 4) is 0 Å². The molecule has 1 aromatic carbocycles. The molecular weight excluding hydrogens is 363 g/mol. The van der Waals surface area contributed by atoms with E-state index in [1.807, 2.05) is 0 Å². The van der Waals surface area contributed by atoms with Crippen molar-refractivity contribution in [1.29, 1.82) is 0 Å². The van der Waals surface area contributed by atoms with Crippen LogP contribution in [0.1, 0.15) is 11.3 Å². The van der Waals surface area contributed by atoms with Crippen LogP contribution in [0, 0.1) is 5.82 Å². The van der Waals surface area contributed by atoms with Gasteiger partial charge < -0.3 is 9.73 Å². The highest BCUT2D eigenvalue weighted by atomic mass is 79.9. The highest BCUT2D eigenvalue weighted by Crippen LogP contribution is 2.18. The summed E-state index contributed by atoms with van der Waals surface area (Å²) < 4.78 is 44.4. The molecule has 0 amide bonds. The third-order valence-corrected chi connectivity index (χ3v) is 4.85. The van der Waals surface area contributed by atoms with Crippen LogP contribution >= 0.6 is 15.9 Å². The zero-order valence-corrected chi connectivity index (χ0v) is 13.6. The van der Waals surface area contributed by atoms with Crippen LogP contribution in [0.15, 0.2) is 44.3 Å². The largest absolute Gasteiger partial charge is 0.447 e. The molecule has 0 spiro atoms. The standard InChI is InChI=1S/C13H14BrFN2O3S/c1-16-21(18,19)13-5-3-11(20-13)8-17-7-9-6-10(15)2-4-12(9)14/h2-6,16-17H,7-8H2,1H3. The van der Waals surface area contributed by atoms with Crippen molar-refractivity contribution in [2.24, 2.45) is 0 Å². The van der Waals surface area contributed by atoms with Crippen molar-refractivity contribution in [2.45, 2.75) is 18.2 Å². The van der Waals surface area contributed by atoms with Crippen molar-refractivity contribution in [2.75, 3.05) is 7.05 Å². The lowest BCUT2D eigenvalue weighted by atomic mass is 10.2. The maximum atomic E-state index is 13.1. The van der Waals surface area contributed by atoms with E-state index in [0.29, 0.717) is 18.8 Å². The van der Waals surface area contributed by atoms with E-state index >= 15 is 0 Å². The maximum absolute atomic E-state index is 13.1. The van der Waals surface area contributed by atoms with Gasteiger partial charge in [0.1, 0.15) is 11.6 Å². The Labute approximate surface area is 130 Å². The second kappa shape index (κ2) is 6.69. The van der Waals surface area contributed by atoms with Gasteiger partial charge in [-0.25, -0.2) is 17.5 Å². The van der Waals surface area contributed by atoms with Crippen molar-refractivity contribution in [3.63, 3.8) is 0 Å². The minimum atomic E-state index is -3.57. The highest BCUT2D eigenvalue weighted by molar-refractivity contribution is 9.10. The Balaban J connectivity index is 1.97. The molecule has 2 N–H and O–H groups in total. The van der Waals surface area contributed by atoms with Crippen molar-refractivity contribution in [3.05, 3.63) is 51.9 Å². The molecule has 21 heavy (non-hydrogen) atoms. The van der Waals surface area contributed by atoms with Crippen molar-refractivity contribution < 1.29 is 17.2 Å². The molecule has 8 heteroatoms. The minimum absolute atomic E-state index is 0.131. The first-order chi connectivity index (χ1) is 9.92. The Morgan fingerprint density at radius 3 is 2.71 bits per heavy atom. The average molecular weight is 377 g/mol. The maximum Gasteiger partial charge on any atom is 0.273 e. The third kappa shape index (κ3) is 4.13. The summed E-state index contributed by atoms with van der Waals surface area (Å²) in [5.41, 5.74) is 0.768. The first kappa shape index (κ1) is 16.2. The van der Waals surface area contributed by atoms with Crippen LogP contribution in [0.2, 0.25) is 0 Å². The SMILES string of the molecule is CNS(=O)(=O)c1ccc(CNCc2cc(F)ccc2Br)o1. The van der Waals surface area contributed by atoms with E-state index in [0.717, 1.165) is 10.0 Å². The predicted octanol–water partition coefficient (Wildman–Crippen LogP) is 2.38. The number of halogens is 2. The Kier molecular flexibility index (Phi) is 5.15. The van der Waals surface area contributed by atoms with Gasteiger partial charge in [0, 0.05) is 11.0 Å². The molecule has 1 heterocycles. The molecule has 0 radical (unpaired) electrons. The lowest BCUT2D eigenvalue weighted by Gasteiger charge is -2.06. The van der Waals surface area contributed by atoms with Crippen LogP contribution in [-0.4, -0.2) is 15.5 Å². The molecule has 0 atom stereocenters. The minimum Gasteiger partial charge on any atom is -0.447 e. The summed E-state index contributed by atoms with van der Waals surface area (Å²) in [5.74, 6) is 0.173. The number of sulfonamides is 1. The molecule has 114 valence electrons. The molecule has 0 aliphatic heterocycles. The Morgan fingerprint density at radius 2 is 2.00 bits per heavy atom. The van der Waals surface area contributed by atoms with Crippen LogP contribution in [0.25, 0.3) is 0 Å². The fraction of sp³-hybridized carbons (Fsp3) is 0.231. The van der Waals surface area contributed by atoms with Gasteiger partial charge in [-0.2, -0.15) is 0 Å². The number of furan rings is 1. The topological polar surface area (TPSA) is 71.3 Å². The van der Waals surface area contributed by atoms with Gasteiger partial charge in [-0.15, -0.1) is 0 Å². The van der Waals surface area contributed by atoms with E-state index in [1.165, 1.54) is 25.2 Å². The van der Waals surface area contributed by atoms with E-state index < -0.39 is 10.0 Å². The summed E-state index contributed by atoms with van der Waals surface area (Å²) in [4.78, 5) is 0. The van der Waals surface area contributed by atoms with Gasteiger partial charge in [-0.1, -0.05) is 15.9 Å². The molecule has 0 bridgehead atoms. The van der Waals surface area contributed by atoms with E-state index in [1.54, 1.807) is 12.1 Å². The lowest BCUT2D eigenvalue weighted by molar-refractivity contribution is 0.400. The summed E-state index contributed by atoms with van der Waals surface area (Å²) in [6.07, 6.45) is 0. The average Bonchev–Trinajstić information content (AvgIpc) is 2.92. The van der Waals surface area contributed by atoms with Crippen LogP contribution in [0.3, 0.4) is 0 Å². The quantitative estimate of drug-likeness (QED) is 0.811. The summed E-state index contributed by atoms with van der Waals surface area (Å²) >= 11 is 3.34. The third-order valence-electron chi connectivity index (χ3n) is 2.79. The summed E-state index contributed by atoms with van der Waals surface area (Å²) in [6, 6.07) is 7.40. The zero-order chi connectivity index (χ0) is 15.5. The molecule has 0 aliphatic rings. The second-order valence-corrected chi connectivity index (χ2v) is 6.94. The van der Waals surface area contributed by atoms with Gasteiger partial charge in [0.25, 0.3) is 10.0 Å². The van der Waals surface area contributed by atoms with Crippen LogP contribution < -0.4 is 10.0 Å². The number of hydrogen-bond donors (Lipinski definition) is 2. The van der Waals surface area contributed by atoms with Crippen LogP contribution in [0.5, 0.6) is 0 Å². The van der Waals surface area contributed by atoms with E-state index in [-0.39, 0.29) is 10.9 Å². The lowest BCUT2D eigenvalue weighted by Crippen LogP contribution is -2.17. The van der Waals surface area contributed by atoms with Crippen molar-refractivity contribution >= 4 is 26.0 Å². The molecule has 0 saturated heterocycles. The number of benzene rings is 1. The second-order valence-electron chi connectivity index (χ2n) is 4.27. The molecule has 1 aromatic heterocycles. The summed E-state index contributed by atoms with van der Waals surface area (Å²) in [5, 5.41) is 2.93. The fourth-order valence-corrected chi connectivity index (χ4v) is 2.75. The molecule has 0 aliphatic carbocycles. The summed E-state index contributed by atoms with van der Waals surface area (Å²) in [6.45, 7) is 0.759. The van der Waals surface area contributed by atoms with Gasteiger partial charge in [0.15, 0.2) is 0 Å². The Bertz CT molecular complexity index is 731. The van der Waals surface area contributed by atoms with E-state index in [2.05, 4.69) is 26.0 Å². The first-order valence-electron chi connectivity index (χ1n) is 6.09. The van der Waals surface area contributed by atoms with Crippen LogP contribution in [0.4, 0.5) is 4.39 Å². The normalized spacial score (nSPS) is 11.8. The zero-order valence-electron chi connectivity index (χ0n) is 11.2. The number of nitrogens with one attached hydrogen (secondary N) is 2. The molecule has 0 saturated carbocycles. The first-order valence-corrected chi connectivity index (χ1v) is 8.37. The molecule has 0 fully saturated rings. The van der Waals surface area contributed by atoms with Gasteiger partial charge >= 0.3 is 0 Å². The van der Waals surface area contributed by atoms with Gasteiger partial charge in [-0.05, 0) is 42.9 Å². The number of rotatable bonds is 6. The van der Waals surface area contributed by atoms with Crippen molar-refractivity contribution in [1.82, 2.24) is 10.0 Å². The van der Waals surface area contributed by atoms with Gasteiger partial charge in [-0.3, -0.25) is 0 Å². The molecule has 0 unspecified atom stereocenters. The molecular formula is C13H14BrFN2O3S. The highest BCUT2D eigenvalue weighted by Gasteiger charge is 2.16. The predicted molar refractivity (Wildman–Crippen MR) is 79.6 cm³/mol. The van der Waals surface area contributed by atoms with Gasteiger partial charge in [0.2, 0.25) is 5.09 Å². The number of hydrogen-bond acceptors (Lipinski definition) is 4. The molecule has 2 aromatic rings.